The number of carbonyl (C=O) groups is 3. The fourth-order valence-electron chi connectivity index (χ4n) is 3.74. The summed E-state index contributed by atoms with van der Waals surface area (Å²) in [6.45, 7) is 7.86. The predicted molar refractivity (Wildman–Crippen MR) is 121 cm³/mol. The van der Waals surface area contributed by atoms with Gasteiger partial charge in [0.2, 0.25) is 11.8 Å². The molecule has 1 aliphatic rings. The number of aromatic nitrogens is 2. The number of rotatable bonds is 4. The smallest absolute Gasteiger partial charge is 0.413 e. The summed E-state index contributed by atoms with van der Waals surface area (Å²) < 4.78 is 10.6. The molecule has 9 heteroatoms. The van der Waals surface area contributed by atoms with Crippen molar-refractivity contribution in [2.45, 2.75) is 58.5 Å². The molecule has 1 fully saturated rings. The minimum atomic E-state index is -0.638. The van der Waals surface area contributed by atoms with Crippen molar-refractivity contribution in [2.75, 3.05) is 5.32 Å². The predicted octanol–water partition coefficient (Wildman–Crippen LogP) is 4.10. The minimum absolute atomic E-state index is 0.0569. The number of imide groups is 1. The third-order valence-electron chi connectivity index (χ3n) is 5.58. The Morgan fingerprint density at radius 2 is 2.03 bits per heavy atom. The van der Waals surface area contributed by atoms with Gasteiger partial charge in [0.25, 0.3) is 0 Å². The van der Waals surface area contributed by atoms with Crippen molar-refractivity contribution >= 4 is 34.6 Å². The molecule has 1 atom stereocenters. The highest BCUT2D eigenvalue weighted by molar-refractivity contribution is 6.01. The molecule has 2 aromatic heterocycles. The van der Waals surface area contributed by atoms with E-state index in [-0.39, 0.29) is 29.8 Å². The summed E-state index contributed by atoms with van der Waals surface area (Å²) in [5.74, 6) is 0.0385. The maximum Gasteiger partial charge on any atom is 0.413 e. The van der Waals surface area contributed by atoms with Crippen LogP contribution in [0.25, 0.3) is 10.9 Å². The Balaban J connectivity index is 1.43. The van der Waals surface area contributed by atoms with Crippen LogP contribution in [0.4, 0.5) is 10.6 Å². The van der Waals surface area contributed by atoms with E-state index in [2.05, 4.69) is 20.8 Å². The molecular formula is C24H26N4O5. The average Bonchev–Trinajstić information content (AvgIpc) is 3.21. The molecule has 0 bridgehead atoms. The van der Waals surface area contributed by atoms with E-state index in [1.165, 1.54) is 0 Å². The molecule has 0 radical (unpaired) electrons. The molecule has 0 aliphatic carbocycles. The van der Waals surface area contributed by atoms with Crippen molar-refractivity contribution in [3.05, 3.63) is 52.9 Å². The second kappa shape index (κ2) is 8.65. The first-order valence-electron chi connectivity index (χ1n) is 10.7. The van der Waals surface area contributed by atoms with Gasteiger partial charge in [0.05, 0.1) is 11.4 Å². The number of fused-ring (bicyclic) bond motifs is 1. The van der Waals surface area contributed by atoms with E-state index in [4.69, 9.17) is 9.26 Å². The van der Waals surface area contributed by atoms with E-state index in [1.807, 2.05) is 52.0 Å². The zero-order valence-electron chi connectivity index (χ0n) is 19.0. The van der Waals surface area contributed by atoms with Crippen LogP contribution >= 0.6 is 0 Å². The van der Waals surface area contributed by atoms with Gasteiger partial charge in [-0.1, -0.05) is 38.1 Å². The molecule has 1 aromatic carbocycles. The Morgan fingerprint density at radius 3 is 2.73 bits per heavy atom. The third kappa shape index (κ3) is 5.02. The second-order valence-electron chi connectivity index (χ2n) is 9.22. The molecule has 172 valence electrons. The van der Waals surface area contributed by atoms with Crippen molar-refractivity contribution in [2.24, 2.45) is 0 Å². The largest absolute Gasteiger partial charge is 0.444 e. The Kier molecular flexibility index (Phi) is 5.88. The second-order valence-corrected chi connectivity index (χ2v) is 9.22. The number of ether oxygens (including phenoxy) is 1. The van der Waals surface area contributed by atoms with Gasteiger partial charge in [0, 0.05) is 29.0 Å². The van der Waals surface area contributed by atoms with Crippen molar-refractivity contribution in [3.63, 3.8) is 0 Å². The van der Waals surface area contributed by atoms with Crippen LogP contribution in [0.1, 0.15) is 62.1 Å². The fourth-order valence-corrected chi connectivity index (χ4v) is 3.74. The number of carbonyl (C=O) groups excluding carboxylic acids is 3. The SMILES string of the molecule is Cc1nc2cc(COC(=O)Nc3cc(C(C)(C)C)on3)ccc2cc1C1CCC(=O)NC1=O. The highest BCUT2D eigenvalue weighted by Crippen LogP contribution is 2.29. The van der Waals surface area contributed by atoms with Gasteiger partial charge in [0.15, 0.2) is 5.82 Å². The zero-order chi connectivity index (χ0) is 23.8. The molecule has 0 spiro atoms. The van der Waals surface area contributed by atoms with Crippen LogP contribution in [-0.4, -0.2) is 28.0 Å². The van der Waals surface area contributed by atoms with Gasteiger partial charge in [-0.15, -0.1) is 0 Å². The monoisotopic (exact) mass is 450 g/mol. The molecule has 0 saturated carbocycles. The maximum absolute atomic E-state index is 12.3. The lowest BCUT2D eigenvalue weighted by atomic mass is 9.89. The first-order chi connectivity index (χ1) is 15.6. The van der Waals surface area contributed by atoms with Crippen molar-refractivity contribution in [1.82, 2.24) is 15.5 Å². The number of aryl methyl sites for hydroxylation is 1. The van der Waals surface area contributed by atoms with Crippen molar-refractivity contribution in [1.29, 1.82) is 0 Å². The first kappa shape index (κ1) is 22.4. The summed E-state index contributed by atoms with van der Waals surface area (Å²) in [5.41, 5.74) is 2.84. The van der Waals surface area contributed by atoms with E-state index in [0.717, 1.165) is 27.7 Å². The highest BCUT2D eigenvalue weighted by atomic mass is 16.5. The molecule has 33 heavy (non-hydrogen) atoms. The molecule has 9 nitrogen and oxygen atoms in total. The molecule has 3 heterocycles. The van der Waals surface area contributed by atoms with Crippen molar-refractivity contribution < 1.29 is 23.6 Å². The molecule has 2 N–H and O–H groups in total. The van der Waals surface area contributed by atoms with Crippen LogP contribution in [-0.2, 0) is 26.3 Å². The Bertz CT molecular complexity index is 1240. The van der Waals surface area contributed by atoms with Gasteiger partial charge in [0.1, 0.15) is 12.4 Å². The van der Waals surface area contributed by atoms with E-state index in [0.29, 0.717) is 24.4 Å². The summed E-state index contributed by atoms with van der Waals surface area (Å²) in [4.78, 5) is 40.5. The lowest BCUT2D eigenvalue weighted by Gasteiger charge is -2.22. The number of hydrogen-bond donors (Lipinski definition) is 2. The summed E-state index contributed by atoms with van der Waals surface area (Å²) in [6, 6.07) is 9.17. The topological polar surface area (TPSA) is 123 Å². The van der Waals surface area contributed by atoms with Crippen LogP contribution in [0.5, 0.6) is 0 Å². The van der Waals surface area contributed by atoms with Gasteiger partial charge in [-0.3, -0.25) is 25.2 Å². The maximum atomic E-state index is 12.3. The quantitative estimate of drug-likeness (QED) is 0.574. The van der Waals surface area contributed by atoms with Gasteiger partial charge in [-0.05, 0) is 36.6 Å². The van der Waals surface area contributed by atoms with Gasteiger partial charge < -0.3 is 9.26 Å². The lowest BCUT2D eigenvalue weighted by Crippen LogP contribution is -2.39. The third-order valence-corrected chi connectivity index (χ3v) is 5.58. The van der Waals surface area contributed by atoms with Gasteiger partial charge >= 0.3 is 6.09 Å². The van der Waals surface area contributed by atoms with Crippen LogP contribution in [0.15, 0.2) is 34.9 Å². The summed E-state index contributed by atoms with van der Waals surface area (Å²) in [6.07, 6.45) is 0.154. The minimum Gasteiger partial charge on any atom is -0.444 e. The van der Waals surface area contributed by atoms with E-state index >= 15 is 0 Å². The molecule has 1 aliphatic heterocycles. The summed E-state index contributed by atoms with van der Waals surface area (Å²) in [5, 5.41) is 9.66. The number of benzene rings is 1. The average molecular weight is 450 g/mol. The zero-order valence-corrected chi connectivity index (χ0v) is 19.0. The molecule has 4 rings (SSSR count). The van der Waals surface area contributed by atoms with Crippen LogP contribution in [0.3, 0.4) is 0 Å². The molecule has 3 amide bonds. The number of nitrogens with zero attached hydrogens (tertiary/aromatic N) is 2. The summed E-state index contributed by atoms with van der Waals surface area (Å²) in [7, 11) is 0. The molecule has 3 aromatic rings. The van der Waals surface area contributed by atoms with E-state index in [1.54, 1.807) is 6.07 Å². The number of hydrogen-bond acceptors (Lipinski definition) is 7. The highest BCUT2D eigenvalue weighted by Gasteiger charge is 2.29. The van der Waals surface area contributed by atoms with E-state index in [9.17, 15) is 14.4 Å². The van der Waals surface area contributed by atoms with Gasteiger partial charge in [-0.2, -0.15) is 0 Å². The van der Waals surface area contributed by atoms with Crippen LogP contribution in [0.2, 0.25) is 0 Å². The molecule has 1 saturated heterocycles. The number of nitrogens with one attached hydrogen (secondary N) is 2. The first-order valence-corrected chi connectivity index (χ1v) is 10.7. The van der Waals surface area contributed by atoms with Gasteiger partial charge in [-0.25, -0.2) is 4.79 Å². The Morgan fingerprint density at radius 1 is 1.24 bits per heavy atom. The Hall–Kier alpha value is -3.75. The lowest BCUT2D eigenvalue weighted by molar-refractivity contribution is -0.134. The number of anilines is 1. The number of piperidine rings is 1. The van der Waals surface area contributed by atoms with Crippen LogP contribution < -0.4 is 10.6 Å². The van der Waals surface area contributed by atoms with Crippen LogP contribution in [0, 0.1) is 6.92 Å². The summed E-state index contributed by atoms with van der Waals surface area (Å²) >= 11 is 0. The van der Waals surface area contributed by atoms with E-state index < -0.39 is 6.09 Å². The van der Waals surface area contributed by atoms with Crippen molar-refractivity contribution in [3.8, 4) is 0 Å². The standard InChI is InChI=1S/C24H26N4O5/c1-13-17(16-7-8-21(29)27-22(16)30)10-15-6-5-14(9-18(15)25-13)12-32-23(31)26-20-11-19(33-28-20)24(2,3)4/h5-6,9-11,16H,7-8,12H2,1-4H3,(H,26,28,31)(H,27,29,30). The molecular weight excluding hydrogens is 424 g/mol. The fraction of sp³-hybridized carbons (Fsp3) is 0.375. The molecule has 1 unspecified atom stereocenters. The number of pyridine rings is 1. The normalized spacial score (nSPS) is 16.5. The number of amides is 3. The Labute approximate surface area is 190 Å².